The van der Waals surface area contributed by atoms with Crippen molar-refractivity contribution >= 4 is 32.5 Å². The standard InChI is InChI=1S/C25H21F2N3O5S/c1-2-9-36(32,33)30-19-5-4-18(26)22(23(19)27)24(31)17-13-29-25-16(17)10-15(12-28-25)14-3-6-20-21(11-14)35-8-7-34-20/h3-6,10-13,30H,2,7-9H2,1H3,(H,28,29). The Labute approximate surface area is 205 Å². The van der Waals surface area contributed by atoms with E-state index in [4.69, 9.17) is 9.47 Å². The molecule has 2 aromatic carbocycles. The van der Waals surface area contributed by atoms with Crippen LogP contribution in [0.3, 0.4) is 0 Å². The summed E-state index contributed by atoms with van der Waals surface area (Å²) in [5.74, 6) is -2.39. The van der Waals surface area contributed by atoms with E-state index in [-0.39, 0.29) is 11.3 Å². The number of anilines is 1. The maximum Gasteiger partial charge on any atom is 0.232 e. The molecule has 2 N–H and O–H groups in total. The summed E-state index contributed by atoms with van der Waals surface area (Å²) in [6, 6.07) is 8.86. The van der Waals surface area contributed by atoms with Crippen molar-refractivity contribution < 1.29 is 31.5 Å². The topological polar surface area (TPSA) is 110 Å². The maximum absolute atomic E-state index is 15.2. The van der Waals surface area contributed by atoms with Gasteiger partial charge in [-0.2, -0.15) is 0 Å². The predicted molar refractivity (Wildman–Crippen MR) is 130 cm³/mol. The van der Waals surface area contributed by atoms with Gasteiger partial charge in [0.1, 0.15) is 24.7 Å². The molecule has 0 bridgehead atoms. The monoisotopic (exact) mass is 513 g/mol. The number of fused-ring (bicyclic) bond motifs is 2. The number of nitrogens with one attached hydrogen (secondary N) is 2. The molecule has 0 saturated heterocycles. The van der Waals surface area contributed by atoms with Crippen LogP contribution < -0.4 is 14.2 Å². The van der Waals surface area contributed by atoms with Gasteiger partial charge < -0.3 is 14.5 Å². The van der Waals surface area contributed by atoms with Gasteiger partial charge in [-0.05, 0) is 42.3 Å². The molecule has 1 aliphatic rings. The fourth-order valence-corrected chi connectivity index (χ4v) is 5.17. The number of carbonyl (C=O) groups excluding carboxylic acids is 1. The van der Waals surface area contributed by atoms with E-state index in [1.807, 2.05) is 6.07 Å². The van der Waals surface area contributed by atoms with Crippen LogP contribution in [0.2, 0.25) is 0 Å². The maximum atomic E-state index is 15.2. The summed E-state index contributed by atoms with van der Waals surface area (Å²) in [5, 5.41) is 0.350. The van der Waals surface area contributed by atoms with E-state index in [0.29, 0.717) is 47.7 Å². The second-order valence-corrected chi connectivity index (χ2v) is 10.1. The van der Waals surface area contributed by atoms with Crippen molar-refractivity contribution in [3.63, 3.8) is 0 Å². The molecule has 0 spiro atoms. The summed E-state index contributed by atoms with van der Waals surface area (Å²) in [6.07, 6.45) is 3.22. The molecule has 2 aromatic heterocycles. The molecule has 11 heteroatoms. The molecule has 5 rings (SSSR count). The first-order chi connectivity index (χ1) is 17.3. The van der Waals surface area contributed by atoms with Gasteiger partial charge in [-0.15, -0.1) is 0 Å². The average Bonchev–Trinajstić information content (AvgIpc) is 3.29. The van der Waals surface area contributed by atoms with Crippen molar-refractivity contribution in [3.8, 4) is 22.6 Å². The minimum atomic E-state index is -3.85. The van der Waals surface area contributed by atoms with Crippen LogP contribution in [-0.2, 0) is 10.0 Å². The van der Waals surface area contributed by atoms with Crippen molar-refractivity contribution in [2.45, 2.75) is 13.3 Å². The fourth-order valence-electron chi connectivity index (χ4n) is 4.03. The number of nitrogens with zero attached hydrogens (tertiary/aromatic N) is 1. The number of hydrogen-bond donors (Lipinski definition) is 2. The van der Waals surface area contributed by atoms with Crippen molar-refractivity contribution in [2.24, 2.45) is 0 Å². The number of pyridine rings is 1. The second-order valence-electron chi connectivity index (χ2n) is 8.21. The van der Waals surface area contributed by atoms with Gasteiger partial charge in [-0.3, -0.25) is 9.52 Å². The summed E-state index contributed by atoms with van der Waals surface area (Å²) in [6.45, 7) is 2.54. The lowest BCUT2D eigenvalue weighted by Crippen LogP contribution is -2.18. The first kappa shape index (κ1) is 23.7. The number of sulfonamides is 1. The lowest BCUT2D eigenvalue weighted by molar-refractivity contribution is 0.103. The van der Waals surface area contributed by atoms with Crippen molar-refractivity contribution in [1.82, 2.24) is 9.97 Å². The Kier molecular flexibility index (Phi) is 6.09. The van der Waals surface area contributed by atoms with Gasteiger partial charge in [0.05, 0.1) is 17.0 Å². The van der Waals surface area contributed by atoms with Crippen LogP contribution in [0.4, 0.5) is 14.5 Å². The molecule has 0 radical (unpaired) electrons. The molecular weight excluding hydrogens is 492 g/mol. The number of rotatable bonds is 7. The number of H-pyrrole nitrogens is 1. The first-order valence-electron chi connectivity index (χ1n) is 11.2. The van der Waals surface area contributed by atoms with Gasteiger partial charge in [-0.1, -0.05) is 13.0 Å². The highest BCUT2D eigenvalue weighted by Crippen LogP contribution is 2.35. The third-order valence-electron chi connectivity index (χ3n) is 5.71. The van der Waals surface area contributed by atoms with Gasteiger partial charge in [-0.25, -0.2) is 22.2 Å². The lowest BCUT2D eigenvalue weighted by Gasteiger charge is -2.18. The van der Waals surface area contributed by atoms with Crippen molar-refractivity contribution in [1.29, 1.82) is 0 Å². The minimum absolute atomic E-state index is 0.0109. The molecule has 1 aliphatic heterocycles. The van der Waals surface area contributed by atoms with Gasteiger partial charge in [0, 0.05) is 28.9 Å². The lowest BCUT2D eigenvalue weighted by atomic mass is 9.99. The number of hydrogen-bond acceptors (Lipinski definition) is 6. The summed E-state index contributed by atoms with van der Waals surface area (Å²) < 4.78 is 67.3. The number of benzene rings is 2. The number of aromatic nitrogens is 2. The molecular formula is C25H21F2N3O5S. The largest absolute Gasteiger partial charge is 0.486 e. The molecule has 0 saturated carbocycles. The Bertz CT molecular complexity index is 1600. The molecule has 36 heavy (non-hydrogen) atoms. The van der Waals surface area contributed by atoms with E-state index in [1.54, 1.807) is 31.3 Å². The molecule has 0 fully saturated rings. The third kappa shape index (κ3) is 4.37. The van der Waals surface area contributed by atoms with Gasteiger partial charge in [0.15, 0.2) is 17.3 Å². The fraction of sp³-hybridized carbons (Fsp3) is 0.200. The number of carbonyl (C=O) groups is 1. The van der Waals surface area contributed by atoms with Crippen molar-refractivity contribution in [2.75, 3.05) is 23.7 Å². The summed E-state index contributed by atoms with van der Waals surface area (Å²) in [5.41, 5.74) is 0.372. The second kappa shape index (κ2) is 9.23. The third-order valence-corrected chi connectivity index (χ3v) is 7.18. The molecule has 0 unspecified atom stereocenters. The quantitative estimate of drug-likeness (QED) is 0.348. The van der Waals surface area contributed by atoms with Gasteiger partial charge in [0.2, 0.25) is 15.8 Å². The van der Waals surface area contributed by atoms with Crippen LogP contribution in [-0.4, -0.2) is 43.1 Å². The zero-order valence-corrected chi connectivity index (χ0v) is 19.9. The molecule has 0 atom stereocenters. The average molecular weight is 514 g/mol. The molecule has 3 heterocycles. The van der Waals surface area contributed by atoms with E-state index in [2.05, 4.69) is 14.7 Å². The van der Waals surface area contributed by atoms with Gasteiger partial charge in [0.25, 0.3) is 0 Å². The molecule has 186 valence electrons. The van der Waals surface area contributed by atoms with Crippen LogP contribution >= 0.6 is 0 Å². The van der Waals surface area contributed by atoms with Crippen LogP contribution in [0, 0.1) is 11.6 Å². The zero-order chi connectivity index (χ0) is 25.4. The Hall–Kier alpha value is -3.99. The van der Waals surface area contributed by atoms with E-state index in [0.717, 1.165) is 17.7 Å². The highest BCUT2D eigenvalue weighted by atomic mass is 32.2. The van der Waals surface area contributed by atoms with Crippen molar-refractivity contribution in [3.05, 3.63) is 71.6 Å². The molecule has 4 aromatic rings. The van der Waals surface area contributed by atoms with Crippen LogP contribution in [0.15, 0.2) is 48.8 Å². The number of halogens is 2. The van der Waals surface area contributed by atoms with E-state index >= 15 is 4.39 Å². The SMILES string of the molecule is CCCS(=O)(=O)Nc1ccc(F)c(C(=O)c2c[nH]c3ncc(-c4ccc5c(c4)OCCO5)cc23)c1F. The Morgan fingerprint density at radius 2 is 1.86 bits per heavy atom. The van der Waals surface area contributed by atoms with Gasteiger partial charge >= 0.3 is 0 Å². The predicted octanol–water partition coefficient (Wildman–Crippen LogP) is 4.66. The first-order valence-corrected chi connectivity index (χ1v) is 12.8. The smallest absolute Gasteiger partial charge is 0.232 e. The number of aromatic amines is 1. The Morgan fingerprint density at radius 3 is 2.64 bits per heavy atom. The summed E-state index contributed by atoms with van der Waals surface area (Å²) in [4.78, 5) is 20.5. The number of ether oxygens (including phenoxy) is 2. The number of ketones is 1. The van der Waals surface area contributed by atoms with E-state index < -0.39 is 38.7 Å². The molecule has 0 aliphatic carbocycles. The molecule has 8 nitrogen and oxygen atoms in total. The molecule has 0 amide bonds. The van der Waals surface area contributed by atoms with E-state index in [1.165, 1.54) is 6.20 Å². The summed E-state index contributed by atoms with van der Waals surface area (Å²) in [7, 11) is -3.85. The van der Waals surface area contributed by atoms with E-state index in [9.17, 15) is 17.6 Å². The normalized spacial score (nSPS) is 13.1. The Balaban J connectivity index is 1.54. The highest BCUT2D eigenvalue weighted by molar-refractivity contribution is 7.92. The highest BCUT2D eigenvalue weighted by Gasteiger charge is 2.26. The zero-order valence-electron chi connectivity index (χ0n) is 19.1. The van der Waals surface area contributed by atoms with Crippen LogP contribution in [0.5, 0.6) is 11.5 Å². The minimum Gasteiger partial charge on any atom is -0.486 e. The summed E-state index contributed by atoms with van der Waals surface area (Å²) >= 11 is 0. The van der Waals surface area contributed by atoms with Crippen LogP contribution in [0.25, 0.3) is 22.2 Å². The van der Waals surface area contributed by atoms with Crippen LogP contribution in [0.1, 0.15) is 29.3 Å². The Morgan fingerprint density at radius 1 is 1.08 bits per heavy atom.